The molecule has 6 nitrogen and oxygen atoms in total. The quantitative estimate of drug-likeness (QED) is 0.302. The third-order valence-electron chi connectivity index (χ3n) is 4.38. The maximum atomic E-state index is 12.4. The van der Waals surface area contributed by atoms with Crippen LogP contribution in [0.1, 0.15) is 16.2 Å². The Labute approximate surface area is 184 Å². The summed E-state index contributed by atoms with van der Waals surface area (Å²) in [6, 6.07) is 26.8. The molecule has 0 unspecified atom stereocenters. The zero-order chi connectivity index (χ0) is 21.3. The van der Waals surface area contributed by atoms with Gasteiger partial charge in [0.1, 0.15) is 5.75 Å². The van der Waals surface area contributed by atoms with E-state index in [2.05, 4.69) is 27.6 Å². The molecule has 1 N–H and O–H groups in total. The fourth-order valence-corrected chi connectivity index (χ4v) is 3.58. The van der Waals surface area contributed by atoms with E-state index in [9.17, 15) is 4.79 Å². The minimum Gasteiger partial charge on any atom is -0.493 e. The van der Waals surface area contributed by atoms with Crippen LogP contribution in [0, 0.1) is 0 Å². The number of hydrogen-bond donors (Lipinski definition) is 1. The molecule has 0 spiro atoms. The van der Waals surface area contributed by atoms with Gasteiger partial charge in [0.05, 0.1) is 13.2 Å². The molecule has 0 bridgehead atoms. The highest BCUT2D eigenvalue weighted by Crippen LogP contribution is 2.18. The van der Waals surface area contributed by atoms with E-state index < -0.39 is 0 Å². The zero-order valence-electron chi connectivity index (χ0n) is 16.7. The number of rotatable bonds is 9. The minimum atomic E-state index is -0.217. The summed E-state index contributed by atoms with van der Waals surface area (Å²) in [5.74, 6) is 2.21. The van der Waals surface area contributed by atoms with Gasteiger partial charge in [-0.05, 0) is 36.4 Å². The Balaban J connectivity index is 1.22. The summed E-state index contributed by atoms with van der Waals surface area (Å²) < 4.78 is 11.0. The van der Waals surface area contributed by atoms with Crippen molar-refractivity contribution in [2.75, 3.05) is 12.4 Å². The molecule has 0 saturated carbocycles. The van der Waals surface area contributed by atoms with Crippen molar-refractivity contribution in [3.63, 3.8) is 0 Å². The number of amides is 1. The van der Waals surface area contributed by atoms with Gasteiger partial charge in [0.15, 0.2) is 0 Å². The Morgan fingerprint density at radius 3 is 2.39 bits per heavy atom. The molecule has 7 heteroatoms. The fraction of sp³-hybridized carbons (Fsp3) is 0.125. The third kappa shape index (κ3) is 5.96. The lowest BCUT2D eigenvalue weighted by Crippen LogP contribution is -2.22. The van der Waals surface area contributed by atoms with E-state index in [4.69, 9.17) is 9.26 Å². The maximum absolute atomic E-state index is 12.4. The Hall–Kier alpha value is -3.58. The lowest BCUT2D eigenvalue weighted by atomic mass is 10.2. The predicted molar refractivity (Wildman–Crippen MR) is 120 cm³/mol. The summed E-state index contributed by atoms with van der Waals surface area (Å²) in [4.78, 5) is 17.9. The summed E-state index contributed by atoms with van der Waals surface area (Å²) in [5, 5.41) is 6.74. The van der Waals surface area contributed by atoms with Gasteiger partial charge >= 0.3 is 0 Å². The van der Waals surface area contributed by atoms with Gasteiger partial charge in [0.2, 0.25) is 11.7 Å². The number of aromatic nitrogens is 2. The second-order valence-electron chi connectivity index (χ2n) is 6.59. The topological polar surface area (TPSA) is 77.3 Å². The Morgan fingerprint density at radius 1 is 0.935 bits per heavy atom. The first-order chi connectivity index (χ1) is 15.3. The first-order valence-electron chi connectivity index (χ1n) is 9.85. The molecule has 1 heterocycles. The van der Waals surface area contributed by atoms with Gasteiger partial charge < -0.3 is 14.6 Å². The highest BCUT2D eigenvalue weighted by molar-refractivity contribution is 7.99. The Kier molecular flexibility index (Phi) is 6.97. The van der Waals surface area contributed by atoms with Crippen LogP contribution >= 0.6 is 11.8 Å². The molecule has 0 aliphatic heterocycles. The molecule has 0 saturated heterocycles. The average molecular weight is 432 g/mol. The normalized spacial score (nSPS) is 10.6. The van der Waals surface area contributed by atoms with Crippen molar-refractivity contribution in [3.05, 3.63) is 96.4 Å². The molecule has 156 valence electrons. The van der Waals surface area contributed by atoms with E-state index in [1.165, 1.54) is 4.90 Å². The number of ether oxygens (including phenoxy) is 1. The molecule has 0 atom stereocenters. The molecule has 1 amide bonds. The van der Waals surface area contributed by atoms with E-state index in [0.717, 1.165) is 17.1 Å². The van der Waals surface area contributed by atoms with Crippen LogP contribution in [-0.4, -0.2) is 28.4 Å². The van der Waals surface area contributed by atoms with Crippen molar-refractivity contribution >= 4 is 17.7 Å². The van der Waals surface area contributed by atoms with Crippen LogP contribution in [0.3, 0.4) is 0 Å². The van der Waals surface area contributed by atoms with Crippen LogP contribution in [0.5, 0.6) is 5.75 Å². The molecule has 31 heavy (non-hydrogen) atoms. The molecular weight excluding hydrogens is 410 g/mol. The van der Waals surface area contributed by atoms with E-state index in [1.54, 1.807) is 36.0 Å². The van der Waals surface area contributed by atoms with Crippen LogP contribution in [-0.2, 0) is 6.54 Å². The van der Waals surface area contributed by atoms with Crippen LogP contribution in [0.25, 0.3) is 11.4 Å². The number of carbonyl (C=O) groups is 1. The molecule has 0 aliphatic rings. The third-order valence-corrected chi connectivity index (χ3v) is 5.36. The van der Waals surface area contributed by atoms with Crippen molar-refractivity contribution in [1.82, 2.24) is 15.5 Å². The maximum Gasteiger partial charge on any atom is 0.251 e. The fourth-order valence-electron chi connectivity index (χ4n) is 2.83. The van der Waals surface area contributed by atoms with Gasteiger partial charge in [-0.25, -0.2) is 0 Å². The van der Waals surface area contributed by atoms with Gasteiger partial charge in [0, 0.05) is 21.8 Å². The summed E-state index contributed by atoms with van der Waals surface area (Å²) >= 11 is 1.74. The monoisotopic (exact) mass is 431 g/mol. The van der Waals surface area contributed by atoms with Crippen LogP contribution in [0.4, 0.5) is 0 Å². The minimum absolute atomic E-state index is 0.160. The largest absolute Gasteiger partial charge is 0.493 e. The van der Waals surface area contributed by atoms with Crippen molar-refractivity contribution in [3.8, 4) is 17.1 Å². The Bertz CT molecular complexity index is 1100. The van der Waals surface area contributed by atoms with Gasteiger partial charge in [0.25, 0.3) is 5.91 Å². The first-order valence-corrected chi connectivity index (χ1v) is 10.8. The van der Waals surface area contributed by atoms with Crippen molar-refractivity contribution in [1.29, 1.82) is 0 Å². The van der Waals surface area contributed by atoms with Crippen LogP contribution in [0.15, 0.2) is 94.3 Å². The second kappa shape index (κ2) is 10.4. The van der Waals surface area contributed by atoms with Gasteiger partial charge in [-0.1, -0.05) is 53.7 Å². The summed E-state index contributed by atoms with van der Waals surface area (Å²) in [5.41, 5.74) is 1.40. The highest BCUT2D eigenvalue weighted by Gasteiger charge is 2.11. The van der Waals surface area contributed by atoms with Gasteiger partial charge in [-0.2, -0.15) is 4.98 Å². The van der Waals surface area contributed by atoms with E-state index in [-0.39, 0.29) is 12.5 Å². The molecule has 3 aromatic carbocycles. The summed E-state index contributed by atoms with van der Waals surface area (Å²) in [6.45, 7) is 0.750. The summed E-state index contributed by atoms with van der Waals surface area (Å²) in [7, 11) is 0. The molecule has 0 radical (unpaired) electrons. The van der Waals surface area contributed by atoms with Crippen molar-refractivity contribution in [2.45, 2.75) is 11.4 Å². The molecule has 0 aliphatic carbocycles. The van der Waals surface area contributed by atoms with Crippen LogP contribution in [0.2, 0.25) is 0 Å². The number of benzene rings is 3. The number of carbonyl (C=O) groups excluding carboxylic acids is 1. The molecule has 1 aromatic heterocycles. The smallest absolute Gasteiger partial charge is 0.251 e. The van der Waals surface area contributed by atoms with Crippen molar-refractivity contribution < 1.29 is 14.1 Å². The van der Waals surface area contributed by atoms with Gasteiger partial charge in [-0.15, -0.1) is 11.8 Å². The lowest BCUT2D eigenvalue weighted by molar-refractivity contribution is 0.0946. The van der Waals surface area contributed by atoms with Gasteiger partial charge in [-0.3, -0.25) is 4.79 Å². The number of nitrogens with zero attached hydrogens (tertiary/aromatic N) is 2. The predicted octanol–water partition coefficient (Wildman–Crippen LogP) is 4.84. The number of nitrogens with one attached hydrogen (secondary N) is 1. The first kappa shape index (κ1) is 20.7. The lowest BCUT2D eigenvalue weighted by Gasteiger charge is -2.07. The Morgan fingerprint density at radius 2 is 1.65 bits per heavy atom. The zero-order valence-corrected chi connectivity index (χ0v) is 17.5. The molecule has 0 fully saturated rings. The summed E-state index contributed by atoms with van der Waals surface area (Å²) in [6.07, 6.45) is 0. The standard InChI is InChI=1S/C24H21N3O3S/c28-24(25-17-22-26-23(27-30-22)18-7-3-1-4-8-18)19-11-13-20(14-12-19)29-15-16-31-21-9-5-2-6-10-21/h1-14H,15-17H2,(H,25,28). The number of thioether (sulfide) groups is 1. The van der Waals surface area contributed by atoms with Crippen LogP contribution < -0.4 is 10.1 Å². The molecular formula is C24H21N3O3S. The van der Waals surface area contributed by atoms with Crippen molar-refractivity contribution in [2.24, 2.45) is 0 Å². The van der Waals surface area contributed by atoms with E-state index >= 15 is 0 Å². The molecule has 4 rings (SSSR count). The second-order valence-corrected chi connectivity index (χ2v) is 7.76. The highest BCUT2D eigenvalue weighted by atomic mass is 32.2. The average Bonchev–Trinajstić information content (AvgIpc) is 3.31. The SMILES string of the molecule is O=C(NCc1nc(-c2ccccc2)no1)c1ccc(OCCSc2ccccc2)cc1. The van der Waals surface area contributed by atoms with E-state index in [0.29, 0.717) is 23.9 Å². The van der Waals surface area contributed by atoms with E-state index in [1.807, 2.05) is 48.5 Å². The number of hydrogen-bond acceptors (Lipinski definition) is 6. The molecule has 4 aromatic rings.